The smallest absolute Gasteiger partial charge is 0.138 e. The van der Waals surface area contributed by atoms with Gasteiger partial charge in [0.15, 0.2) is 0 Å². The lowest BCUT2D eigenvalue weighted by Crippen LogP contribution is -2.58. The average molecular weight is 275 g/mol. The zero-order valence-electron chi connectivity index (χ0n) is 12.3. The van der Waals surface area contributed by atoms with Crippen LogP contribution in [-0.4, -0.2) is 46.6 Å². The number of piperidine rings is 1. The molecule has 2 heterocycles. The van der Waals surface area contributed by atoms with Gasteiger partial charge in [-0.15, -0.1) is 0 Å². The van der Waals surface area contributed by atoms with Gasteiger partial charge >= 0.3 is 0 Å². The molecule has 3 N–H and O–H groups in total. The van der Waals surface area contributed by atoms with E-state index in [1.54, 1.807) is 6.07 Å². The lowest BCUT2D eigenvalue weighted by atomic mass is 9.96. The third kappa shape index (κ3) is 2.76. The Morgan fingerprint density at radius 3 is 2.95 bits per heavy atom. The summed E-state index contributed by atoms with van der Waals surface area (Å²) < 4.78 is 0. The van der Waals surface area contributed by atoms with Gasteiger partial charge in [0.05, 0.1) is 5.69 Å². The molecule has 110 valence electrons. The molecule has 1 aromatic rings. The van der Waals surface area contributed by atoms with Gasteiger partial charge in [0, 0.05) is 31.7 Å². The highest BCUT2D eigenvalue weighted by Gasteiger charge is 2.32. The summed E-state index contributed by atoms with van der Waals surface area (Å²) in [5.74, 6) is 0.180. The first-order valence-corrected chi connectivity index (χ1v) is 7.69. The summed E-state index contributed by atoms with van der Waals surface area (Å²) in [4.78, 5) is 5.22. The molecule has 2 aliphatic rings. The fraction of sp³-hybridized carbons (Fsp3) is 0.625. The van der Waals surface area contributed by atoms with E-state index in [1.165, 1.54) is 37.9 Å². The molecule has 0 spiro atoms. The predicted molar refractivity (Wildman–Crippen MR) is 81.6 cm³/mol. The molecule has 2 unspecified atom stereocenters. The molecule has 1 aromatic carbocycles. The number of fused-ring (bicyclic) bond motifs is 1. The molecule has 4 heteroatoms. The molecule has 2 aliphatic heterocycles. The van der Waals surface area contributed by atoms with E-state index in [4.69, 9.17) is 5.73 Å². The molecule has 2 fully saturated rings. The van der Waals surface area contributed by atoms with Gasteiger partial charge in [-0.1, -0.05) is 12.5 Å². The summed E-state index contributed by atoms with van der Waals surface area (Å²) in [6.45, 7) is 6.85. The van der Waals surface area contributed by atoms with Crippen LogP contribution in [0, 0.1) is 0 Å². The summed E-state index contributed by atoms with van der Waals surface area (Å²) in [6.07, 6.45) is 4.06. The van der Waals surface area contributed by atoms with Gasteiger partial charge in [0.25, 0.3) is 0 Å². The van der Waals surface area contributed by atoms with Crippen LogP contribution in [0.3, 0.4) is 0 Å². The Morgan fingerprint density at radius 2 is 2.15 bits per heavy atom. The van der Waals surface area contributed by atoms with Crippen molar-refractivity contribution in [2.45, 2.75) is 44.8 Å². The van der Waals surface area contributed by atoms with Crippen LogP contribution < -0.4 is 5.73 Å². The van der Waals surface area contributed by atoms with Gasteiger partial charge in [-0.2, -0.15) is 0 Å². The van der Waals surface area contributed by atoms with Crippen molar-refractivity contribution < 1.29 is 5.11 Å². The number of nitrogen functional groups attached to an aromatic ring is 1. The normalized spacial score (nSPS) is 28.2. The highest BCUT2D eigenvalue weighted by Crippen LogP contribution is 2.26. The maximum absolute atomic E-state index is 9.51. The van der Waals surface area contributed by atoms with E-state index in [1.807, 2.05) is 12.1 Å². The number of phenols is 1. The number of hydrogen-bond donors (Lipinski definition) is 2. The van der Waals surface area contributed by atoms with Gasteiger partial charge in [-0.3, -0.25) is 9.80 Å². The molecule has 0 bridgehead atoms. The number of hydrogen-bond acceptors (Lipinski definition) is 4. The minimum atomic E-state index is 0.180. The van der Waals surface area contributed by atoms with Crippen molar-refractivity contribution in [2.24, 2.45) is 0 Å². The molecule has 20 heavy (non-hydrogen) atoms. The quantitative estimate of drug-likeness (QED) is 0.640. The molecular formula is C16H25N3O. The number of benzene rings is 1. The maximum atomic E-state index is 9.51. The number of rotatable bonds is 2. The molecular weight excluding hydrogens is 250 g/mol. The van der Waals surface area contributed by atoms with Gasteiger partial charge in [0.1, 0.15) is 5.75 Å². The number of anilines is 1. The topological polar surface area (TPSA) is 52.7 Å². The van der Waals surface area contributed by atoms with Crippen molar-refractivity contribution in [1.82, 2.24) is 9.80 Å². The van der Waals surface area contributed by atoms with Crippen LogP contribution in [0.25, 0.3) is 0 Å². The van der Waals surface area contributed by atoms with Gasteiger partial charge < -0.3 is 10.8 Å². The van der Waals surface area contributed by atoms with Gasteiger partial charge in [-0.05, 0) is 44.0 Å². The number of piperazine rings is 1. The third-order valence-electron chi connectivity index (χ3n) is 4.79. The Bertz CT molecular complexity index is 477. The first kappa shape index (κ1) is 13.7. The lowest BCUT2D eigenvalue weighted by Gasteiger charge is -2.47. The first-order valence-electron chi connectivity index (χ1n) is 7.69. The van der Waals surface area contributed by atoms with Crippen LogP contribution in [0.5, 0.6) is 5.75 Å². The van der Waals surface area contributed by atoms with Crippen molar-refractivity contribution >= 4 is 5.69 Å². The Labute approximate surface area is 121 Å². The highest BCUT2D eigenvalue weighted by atomic mass is 16.3. The highest BCUT2D eigenvalue weighted by molar-refractivity contribution is 5.53. The van der Waals surface area contributed by atoms with E-state index in [9.17, 15) is 5.11 Å². The molecule has 2 atom stereocenters. The molecule has 4 nitrogen and oxygen atoms in total. The fourth-order valence-corrected chi connectivity index (χ4v) is 3.57. The molecule has 0 saturated carbocycles. The molecule has 0 aliphatic carbocycles. The predicted octanol–water partition coefficient (Wildman–Crippen LogP) is 2.03. The Kier molecular flexibility index (Phi) is 3.85. The van der Waals surface area contributed by atoms with Crippen molar-refractivity contribution in [3.05, 3.63) is 23.8 Å². The van der Waals surface area contributed by atoms with Crippen LogP contribution >= 0.6 is 0 Å². The van der Waals surface area contributed by atoms with Crippen molar-refractivity contribution in [3.63, 3.8) is 0 Å². The number of nitrogens with zero attached hydrogens (tertiary/aromatic N) is 2. The zero-order chi connectivity index (χ0) is 14.1. The number of nitrogens with two attached hydrogens (primary N) is 1. The van der Waals surface area contributed by atoms with Crippen molar-refractivity contribution in [1.29, 1.82) is 0 Å². The van der Waals surface area contributed by atoms with Gasteiger partial charge in [0.2, 0.25) is 0 Å². The van der Waals surface area contributed by atoms with Crippen LogP contribution in [0.15, 0.2) is 18.2 Å². The second-order valence-corrected chi connectivity index (χ2v) is 6.32. The largest absolute Gasteiger partial charge is 0.506 e. The van der Waals surface area contributed by atoms with Crippen LogP contribution in [0.2, 0.25) is 0 Å². The minimum Gasteiger partial charge on any atom is -0.506 e. The van der Waals surface area contributed by atoms with E-state index in [0.717, 1.165) is 19.1 Å². The summed E-state index contributed by atoms with van der Waals surface area (Å²) in [5.41, 5.74) is 7.46. The van der Waals surface area contributed by atoms with E-state index >= 15 is 0 Å². The number of aromatic hydroxyl groups is 1. The maximum Gasteiger partial charge on any atom is 0.138 e. The Balaban J connectivity index is 1.68. The Morgan fingerprint density at radius 1 is 1.30 bits per heavy atom. The number of phenolic OH excluding ortho intramolecular Hbond substituents is 1. The second-order valence-electron chi connectivity index (χ2n) is 6.32. The Hall–Kier alpha value is -1.26. The monoisotopic (exact) mass is 275 g/mol. The van der Waals surface area contributed by atoms with Crippen LogP contribution in [0.4, 0.5) is 5.69 Å². The zero-order valence-corrected chi connectivity index (χ0v) is 12.3. The first-order chi connectivity index (χ1) is 9.63. The van der Waals surface area contributed by atoms with Crippen molar-refractivity contribution in [2.75, 3.05) is 25.4 Å². The second kappa shape index (κ2) is 5.62. The summed E-state index contributed by atoms with van der Waals surface area (Å²) in [7, 11) is 0. The standard InChI is InChI=1S/C16H25N3O/c1-12-9-18-7-3-2-4-14(18)11-19(12)10-13-5-6-16(20)15(17)8-13/h5-6,8,12,14,20H,2-4,7,9-11,17H2,1H3. The van der Waals surface area contributed by atoms with Crippen molar-refractivity contribution in [3.8, 4) is 5.75 Å². The van der Waals surface area contributed by atoms with Gasteiger partial charge in [-0.25, -0.2) is 0 Å². The van der Waals surface area contributed by atoms with E-state index in [-0.39, 0.29) is 5.75 Å². The van der Waals surface area contributed by atoms with Crippen LogP contribution in [-0.2, 0) is 6.54 Å². The summed E-state index contributed by atoms with van der Waals surface area (Å²) in [6, 6.07) is 6.89. The summed E-state index contributed by atoms with van der Waals surface area (Å²) in [5, 5.41) is 9.51. The third-order valence-corrected chi connectivity index (χ3v) is 4.79. The molecule has 2 saturated heterocycles. The SMILES string of the molecule is CC1CN2CCCCC2CN1Cc1ccc(O)c(N)c1. The summed E-state index contributed by atoms with van der Waals surface area (Å²) >= 11 is 0. The minimum absolute atomic E-state index is 0.180. The average Bonchev–Trinajstić information content (AvgIpc) is 2.44. The van der Waals surface area contributed by atoms with E-state index in [2.05, 4.69) is 16.7 Å². The van der Waals surface area contributed by atoms with E-state index in [0.29, 0.717) is 11.7 Å². The molecule has 0 aromatic heterocycles. The molecule has 0 amide bonds. The fourth-order valence-electron chi connectivity index (χ4n) is 3.57. The lowest BCUT2D eigenvalue weighted by molar-refractivity contribution is 0.0111. The van der Waals surface area contributed by atoms with Crippen LogP contribution in [0.1, 0.15) is 31.7 Å². The molecule has 0 radical (unpaired) electrons. The molecule has 3 rings (SSSR count). The van der Waals surface area contributed by atoms with E-state index < -0.39 is 0 Å².